The van der Waals surface area contributed by atoms with Crippen LogP contribution in [0.1, 0.15) is 16.4 Å². The van der Waals surface area contributed by atoms with Crippen LogP contribution in [0.2, 0.25) is 0 Å². The van der Waals surface area contributed by atoms with Crippen LogP contribution in [-0.4, -0.2) is 27.4 Å². The van der Waals surface area contributed by atoms with E-state index in [0.29, 0.717) is 22.2 Å². The van der Waals surface area contributed by atoms with Crippen molar-refractivity contribution in [1.29, 1.82) is 0 Å². The van der Waals surface area contributed by atoms with E-state index < -0.39 is 11.9 Å². The minimum Gasteiger partial charge on any atom is -0.435 e. The predicted molar refractivity (Wildman–Crippen MR) is 127 cm³/mol. The molecule has 0 aliphatic rings. The van der Waals surface area contributed by atoms with Gasteiger partial charge in [0.1, 0.15) is 11.0 Å². The molecule has 174 valence electrons. The molecule has 1 atom stereocenters. The number of ether oxygens (including phenoxy) is 1. The lowest BCUT2D eigenvalue weighted by molar-refractivity contribution is -0.115. The topological polar surface area (TPSA) is 95.1 Å². The molecular formula is C24H21F2N5O2S. The van der Waals surface area contributed by atoms with Crippen molar-refractivity contribution in [2.75, 3.05) is 11.2 Å². The molecular weight excluding hydrogens is 460 g/mol. The SMILES string of the molecule is Cc1ccc(NC(=O)C(Sc2nnc(-c3ccc(OC(F)F)cc3)n2N)c2ccccc2)cc1. The minimum absolute atomic E-state index is 0.0216. The van der Waals surface area contributed by atoms with Crippen molar-refractivity contribution in [3.05, 3.63) is 90.0 Å². The number of amides is 1. The van der Waals surface area contributed by atoms with Crippen molar-refractivity contribution >= 4 is 23.4 Å². The Morgan fingerprint density at radius 1 is 1.00 bits per heavy atom. The Morgan fingerprint density at radius 2 is 1.68 bits per heavy atom. The number of aromatic nitrogens is 3. The van der Waals surface area contributed by atoms with Gasteiger partial charge in [-0.05, 0) is 48.9 Å². The molecule has 1 heterocycles. The zero-order chi connectivity index (χ0) is 24.1. The number of nitrogens with one attached hydrogen (secondary N) is 1. The molecule has 7 nitrogen and oxygen atoms in total. The highest BCUT2D eigenvalue weighted by Crippen LogP contribution is 2.36. The highest BCUT2D eigenvalue weighted by molar-refractivity contribution is 8.00. The standard InChI is InChI=1S/C24H21F2N5O2S/c1-15-7-11-18(12-8-15)28-22(32)20(16-5-3-2-4-6-16)34-24-30-29-21(31(24)27)17-9-13-19(14-10-17)33-23(25)26/h2-14,20,23H,27H2,1H3,(H,28,32). The second-order valence-electron chi connectivity index (χ2n) is 7.34. The molecule has 1 aromatic heterocycles. The first kappa shape index (κ1) is 23.2. The monoisotopic (exact) mass is 481 g/mol. The number of alkyl halides is 2. The molecule has 0 saturated heterocycles. The summed E-state index contributed by atoms with van der Waals surface area (Å²) in [5, 5.41) is 10.9. The van der Waals surface area contributed by atoms with Crippen LogP contribution in [0.4, 0.5) is 14.5 Å². The zero-order valence-electron chi connectivity index (χ0n) is 18.1. The summed E-state index contributed by atoms with van der Waals surface area (Å²) >= 11 is 1.15. The van der Waals surface area contributed by atoms with Crippen molar-refractivity contribution in [2.45, 2.75) is 23.9 Å². The second-order valence-corrected chi connectivity index (χ2v) is 8.42. The number of nitrogen functional groups attached to an aromatic ring is 1. The number of hydrogen-bond acceptors (Lipinski definition) is 6. The molecule has 3 aromatic carbocycles. The van der Waals surface area contributed by atoms with E-state index in [2.05, 4.69) is 20.3 Å². The summed E-state index contributed by atoms with van der Waals surface area (Å²) in [6.07, 6.45) is 0. The van der Waals surface area contributed by atoms with Crippen molar-refractivity contribution in [1.82, 2.24) is 14.9 Å². The van der Waals surface area contributed by atoms with E-state index in [1.54, 1.807) is 12.1 Å². The quantitative estimate of drug-likeness (QED) is 0.270. The largest absolute Gasteiger partial charge is 0.435 e. The minimum atomic E-state index is -2.91. The zero-order valence-corrected chi connectivity index (χ0v) is 18.9. The normalized spacial score (nSPS) is 11.9. The van der Waals surface area contributed by atoms with Crippen molar-refractivity contribution < 1.29 is 18.3 Å². The van der Waals surface area contributed by atoms with E-state index in [-0.39, 0.29) is 11.7 Å². The van der Waals surface area contributed by atoms with Crippen molar-refractivity contribution in [2.24, 2.45) is 0 Å². The van der Waals surface area contributed by atoms with Crippen LogP contribution in [-0.2, 0) is 4.79 Å². The van der Waals surface area contributed by atoms with Crippen LogP contribution >= 0.6 is 11.8 Å². The van der Waals surface area contributed by atoms with Gasteiger partial charge in [0.05, 0.1) is 0 Å². The Kier molecular flexibility index (Phi) is 7.07. The third-order valence-electron chi connectivity index (χ3n) is 4.89. The molecule has 0 radical (unpaired) electrons. The molecule has 4 rings (SSSR count). The first-order valence-electron chi connectivity index (χ1n) is 10.3. The molecule has 0 aliphatic carbocycles. The highest BCUT2D eigenvalue weighted by atomic mass is 32.2. The smallest absolute Gasteiger partial charge is 0.387 e. The Balaban J connectivity index is 1.57. The number of rotatable bonds is 8. The van der Waals surface area contributed by atoms with Crippen LogP contribution in [0.25, 0.3) is 11.4 Å². The summed E-state index contributed by atoms with van der Waals surface area (Å²) < 4.78 is 30.4. The molecule has 1 unspecified atom stereocenters. The van der Waals surface area contributed by atoms with Gasteiger partial charge in [0.15, 0.2) is 5.82 Å². The van der Waals surface area contributed by atoms with Gasteiger partial charge in [0.25, 0.3) is 0 Å². The number of hydrogen-bond donors (Lipinski definition) is 2. The second kappa shape index (κ2) is 10.3. The molecule has 1 amide bonds. The fraction of sp³-hybridized carbons (Fsp3) is 0.125. The highest BCUT2D eigenvalue weighted by Gasteiger charge is 2.26. The summed E-state index contributed by atoms with van der Waals surface area (Å²) in [5.74, 6) is 6.34. The maximum atomic E-state index is 13.2. The molecule has 0 fully saturated rings. The summed E-state index contributed by atoms with van der Waals surface area (Å²) in [7, 11) is 0. The Hall–Kier alpha value is -3.92. The third kappa shape index (κ3) is 5.52. The summed E-state index contributed by atoms with van der Waals surface area (Å²) in [6, 6.07) is 22.7. The van der Waals surface area contributed by atoms with E-state index in [0.717, 1.165) is 22.9 Å². The number of aryl methyl sites for hydroxylation is 1. The molecule has 3 N–H and O–H groups in total. The lowest BCUT2D eigenvalue weighted by atomic mass is 10.1. The molecule has 4 aromatic rings. The molecule has 0 aliphatic heterocycles. The fourth-order valence-corrected chi connectivity index (χ4v) is 4.15. The lowest BCUT2D eigenvalue weighted by Gasteiger charge is -2.16. The van der Waals surface area contributed by atoms with E-state index in [1.165, 1.54) is 16.8 Å². The van der Waals surface area contributed by atoms with E-state index >= 15 is 0 Å². The number of halogens is 2. The predicted octanol–water partition coefficient (Wildman–Crippen LogP) is 5.04. The molecule has 10 heteroatoms. The first-order valence-corrected chi connectivity index (χ1v) is 11.1. The van der Waals surface area contributed by atoms with Gasteiger partial charge in [0.2, 0.25) is 11.1 Å². The summed E-state index contributed by atoms with van der Waals surface area (Å²) in [6.45, 7) is -0.938. The van der Waals surface area contributed by atoms with Gasteiger partial charge in [-0.25, -0.2) is 4.68 Å². The number of anilines is 1. The summed E-state index contributed by atoms with van der Waals surface area (Å²) in [4.78, 5) is 13.2. The summed E-state index contributed by atoms with van der Waals surface area (Å²) in [5.41, 5.74) is 3.10. The number of thioether (sulfide) groups is 1. The average Bonchev–Trinajstić information content (AvgIpc) is 3.19. The van der Waals surface area contributed by atoms with E-state index in [1.807, 2.05) is 61.5 Å². The van der Waals surface area contributed by atoms with E-state index in [4.69, 9.17) is 5.84 Å². The average molecular weight is 482 g/mol. The van der Waals surface area contributed by atoms with Gasteiger partial charge < -0.3 is 15.9 Å². The maximum Gasteiger partial charge on any atom is 0.387 e. The van der Waals surface area contributed by atoms with Gasteiger partial charge in [-0.15, -0.1) is 10.2 Å². The fourth-order valence-electron chi connectivity index (χ4n) is 3.19. The van der Waals surface area contributed by atoms with Gasteiger partial charge in [-0.1, -0.05) is 59.8 Å². The third-order valence-corrected chi connectivity index (χ3v) is 6.10. The van der Waals surface area contributed by atoms with Crippen LogP contribution in [0.3, 0.4) is 0 Å². The van der Waals surface area contributed by atoms with Gasteiger partial charge in [-0.2, -0.15) is 8.78 Å². The number of carbonyl (C=O) groups is 1. The van der Waals surface area contributed by atoms with E-state index in [9.17, 15) is 13.6 Å². The van der Waals surface area contributed by atoms with Crippen molar-refractivity contribution in [3.8, 4) is 17.1 Å². The molecule has 0 spiro atoms. The van der Waals surface area contributed by atoms with Crippen molar-refractivity contribution in [3.63, 3.8) is 0 Å². The number of nitrogens with zero attached hydrogens (tertiary/aromatic N) is 3. The van der Waals surface area contributed by atoms with Crippen LogP contribution in [0.15, 0.2) is 84.0 Å². The van der Waals surface area contributed by atoms with Crippen LogP contribution < -0.4 is 15.9 Å². The molecule has 34 heavy (non-hydrogen) atoms. The number of benzene rings is 3. The van der Waals surface area contributed by atoms with Gasteiger partial charge in [-0.3, -0.25) is 4.79 Å². The van der Waals surface area contributed by atoms with Gasteiger partial charge in [0, 0.05) is 11.3 Å². The van der Waals surface area contributed by atoms with Crippen LogP contribution in [0.5, 0.6) is 5.75 Å². The van der Waals surface area contributed by atoms with Gasteiger partial charge >= 0.3 is 6.61 Å². The lowest BCUT2D eigenvalue weighted by Crippen LogP contribution is -2.20. The maximum absolute atomic E-state index is 13.2. The number of nitrogens with two attached hydrogens (primary N) is 1. The first-order chi connectivity index (χ1) is 16.4. The Morgan fingerprint density at radius 3 is 2.32 bits per heavy atom. The molecule has 0 saturated carbocycles. The molecule has 0 bridgehead atoms. The Bertz CT molecular complexity index is 1250. The Labute approximate surface area is 198 Å². The number of carbonyl (C=O) groups excluding carboxylic acids is 1. The van der Waals surface area contributed by atoms with Crippen LogP contribution in [0, 0.1) is 6.92 Å².